The van der Waals surface area contributed by atoms with E-state index in [2.05, 4.69) is 59.4 Å². The molecule has 6 nitrogen and oxygen atoms in total. The van der Waals surface area contributed by atoms with Crippen LogP contribution in [-0.2, 0) is 6.61 Å². The molecule has 2 aromatic heterocycles. The number of anilines is 1. The predicted octanol–water partition coefficient (Wildman–Crippen LogP) is 4.06. The topological polar surface area (TPSA) is 66.1 Å². The van der Waals surface area contributed by atoms with Crippen molar-refractivity contribution in [3.8, 4) is 27.3 Å². The zero-order valence-electron chi connectivity index (χ0n) is 16.5. The summed E-state index contributed by atoms with van der Waals surface area (Å²) in [6.07, 6.45) is 4.88. The first-order valence-electron chi connectivity index (χ1n) is 9.75. The van der Waals surface area contributed by atoms with Crippen molar-refractivity contribution in [3.63, 3.8) is 0 Å². The van der Waals surface area contributed by atoms with Crippen molar-refractivity contribution < 1.29 is 4.74 Å². The maximum atomic E-state index is 6.03. The molecule has 1 saturated heterocycles. The molecule has 28 heavy (non-hydrogen) atoms. The summed E-state index contributed by atoms with van der Waals surface area (Å²) in [5.41, 5.74) is 4.51. The Hall–Kier alpha value is -2.38. The summed E-state index contributed by atoms with van der Waals surface area (Å²) in [7, 11) is 0. The van der Waals surface area contributed by atoms with E-state index in [0.29, 0.717) is 12.6 Å². The molecular weight excluding hydrogens is 370 g/mol. The van der Waals surface area contributed by atoms with E-state index < -0.39 is 0 Å². The SMILES string of the molecule is CC(C)(C)NC1CCN(c2nc3c(s2)-c2ccc(-c4cn[nH]c4)cc2OC3)C1. The Labute approximate surface area is 168 Å². The maximum absolute atomic E-state index is 6.03. The highest BCUT2D eigenvalue weighted by Gasteiger charge is 2.30. The van der Waals surface area contributed by atoms with Gasteiger partial charge >= 0.3 is 0 Å². The Kier molecular flexibility index (Phi) is 4.17. The lowest BCUT2D eigenvalue weighted by Crippen LogP contribution is -2.44. The van der Waals surface area contributed by atoms with Gasteiger partial charge in [0.15, 0.2) is 5.13 Å². The zero-order chi connectivity index (χ0) is 19.3. The molecule has 0 spiro atoms. The molecular formula is C21H25N5OS. The van der Waals surface area contributed by atoms with Crippen molar-refractivity contribution in [2.45, 2.75) is 45.4 Å². The van der Waals surface area contributed by atoms with Crippen molar-refractivity contribution in [3.05, 3.63) is 36.3 Å². The van der Waals surface area contributed by atoms with Gasteiger partial charge in [-0.2, -0.15) is 5.10 Å². The molecule has 1 unspecified atom stereocenters. The first-order chi connectivity index (χ1) is 13.5. The molecule has 3 aromatic rings. The Balaban J connectivity index is 1.40. The minimum atomic E-state index is 0.141. The molecule has 2 aliphatic heterocycles. The first kappa shape index (κ1) is 17.7. The molecule has 5 rings (SSSR count). The molecule has 1 aromatic carbocycles. The molecule has 0 saturated carbocycles. The monoisotopic (exact) mass is 395 g/mol. The highest BCUT2D eigenvalue weighted by atomic mass is 32.1. The molecule has 2 aliphatic rings. The van der Waals surface area contributed by atoms with Crippen LogP contribution >= 0.6 is 11.3 Å². The Morgan fingerprint density at radius 2 is 2.18 bits per heavy atom. The molecule has 4 heterocycles. The fourth-order valence-electron chi connectivity index (χ4n) is 4.01. The number of aromatic nitrogens is 3. The summed E-state index contributed by atoms with van der Waals surface area (Å²) in [6, 6.07) is 6.88. The van der Waals surface area contributed by atoms with Gasteiger partial charge in [0.1, 0.15) is 12.4 Å². The lowest BCUT2D eigenvalue weighted by Gasteiger charge is -2.25. The van der Waals surface area contributed by atoms with Gasteiger partial charge in [-0.05, 0) is 44.9 Å². The van der Waals surface area contributed by atoms with Crippen LogP contribution in [0.15, 0.2) is 30.6 Å². The van der Waals surface area contributed by atoms with Crippen molar-refractivity contribution in [2.24, 2.45) is 0 Å². The highest BCUT2D eigenvalue weighted by Crippen LogP contribution is 2.45. The number of rotatable bonds is 3. The largest absolute Gasteiger partial charge is 0.487 e. The summed E-state index contributed by atoms with van der Waals surface area (Å²) >= 11 is 1.79. The van der Waals surface area contributed by atoms with Gasteiger partial charge in [-0.15, -0.1) is 0 Å². The number of H-pyrrole nitrogens is 1. The Morgan fingerprint density at radius 1 is 1.29 bits per heavy atom. The van der Waals surface area contributed by atoms with Gasteiger partial charge in [-0.1, -0.05) is 17.4 Å². The number of nitrogens with one attached hydrogen (secondary N) is 2. The summed E-state index contributed by atoms with van der Waals surface area (Å²) in [5.74, 6) is 0.926. The van der Waals surface area contributed by atoms with Crippen LogP contribution in [0.5, 0.6) is 5.75 Å². The van der Waals surface area contributed by atoms with E-state index in [-0.39, 0.29) is 5.54 Å². The van der Waals surface area contributed by atoms with Crippen LogP contribution in [-0.4, -0.2) is 39.9 Å². The van der Waals surface area contributed by atoms with E-state index in [4.69, 9.17) is 9.72 Å². The number of ether oxygens (including phenoxy) is 1. The second-order valence-corrected chi connectivity index (χ2v) is 9.56. The second-order valence-electron chi connectivity index (χ2n) is 8.58. The lowest BCUT2D eigenvalue weighted by molar-refractivity contribution is 0.298. The molecule has 7 heteroatoms. The molecule has 1 fully saturated rings. The molecule has 0 radical (unpaired) electrons. The fraction of sp³-hybridized carbons (Fsp3) is 0.429. The Bertz CT molecular complexity index is 989. The minimum absolute atomic E-state index is 0.141. The lowest BCUT2D eigenvalue weighted by atomic mass is 10.0. The van der Waals surface area contributed by atoms with Crippen LogP contribution in [0.25, 0.3) is 21.6 Å². The standard InChI is InChI=1S/C21H25N5OS/c1-21(2,3)25-15-6-7-26(11-15)20-24-17-12-27-18-8-13(14-9-22-23-10-14)4-5-16(18)19(17)28-20/h4-5,8-10,15,25H,6-7,11-12H2,1-3H3,(H,22,23). The number of aromatic amines is 1. The van der Waals surface area contributed by atoms with Crippen molar-refractivity contribution >= 4 is 16.5 Å². The van der Waals surface area contributed by atoms with E-state index in [1.54, 1.807) is 11.3 Å². The molecule has 0 aliphatic carbocycles. The second kappa shape index (κ2) is 6.60. The third-order valence-electron chi connectivity index (χ3n) is 5.20. The zero-order valence-corrected chi connectivity index (χ0v) is 17.3. The summed E-state index contributed by atoms with van der Waals surface area (Å²) in [5, 5.41) is 11.7. The average molecular weight is 396 g/mol. The minimum Gasteiger partial charge on any atom is -0.487 e. The van der Waals surface area contributed by atoms with Crippen LogP contribution in [0.3, 0.4) is 0 Å². The van der Waals surface area contributed by atoms with E-state index in [0.717, 1.165) is 52.8 Å². The van der Waals surface area contributed by atoms with Crippen molar-refractivity contribution in [1.82, 2.24) is 20.5 Å². The maximum Gasteiger partial charge on any atom is 0.186 e. The molecule has 2 N–H and O–H groups in total. The fourth-order valence-corrected chi connectivity index (χ4v) is 5.15. The van der Waals surface area contributed by atoms with Gasteiger partial charge in [0.25, 0.3) is 0 Å². The number of fused-ring (bicyclic) bond motifs is 3. The van der Waals surface area contributed by atoms with Gasteiger partial charge in [-0.25, -0.2) is 4.98 Å². The van der Waals surface area contributed by atoms with Gasteiger partial charge in [-0.3, -0.25) is 5.10 Å². The van der Waals surface area contributed by atoms with Gasteiger partial charge in [0.2, 0.25) is 0 Å². The first-order valence-corrected chi connectivity index (χ1v) is 10.6. The summed E-state index contributed by atoms with van der Waals surface area (Å²) < 4.78 is 6.03. The van der Waals surface area contributed by atoms with Crippen molar-refractivity contribution in [1.29, 1.82) is 0 Å². The highest BCUT2D eigenvalue weighted by molar-refractivity contribution is 7.19. The molecule has 1 atom stereocenters. The van der Waals surface area contributed by atoms with E-state index >= 15 is 0 Å². The van der Waals surface area contributed by atoms with Crippen LogP contribution in [0, 0.1) is 0 Å². The number of thiazole rings is 1. The van der Waals surface area contributed by atoms with Gasteiger partial charge in [0, 0.05) is 42.0 Å². The van der Waals surface area contributed by atoms with E-state index in [1.807, 2.05) is 12.4 Å². The number of hydrogen-bond donors (Lipinski definition) is 2. The molecule has 146 valence electrons. The van der Waals surface area contributed by atoms with Crippen LogP contribution in [0.2, 0.25) is 0 Å². The van der Waals surface area contributed by atoms with E-state index in [1.165, 1.54) is 4.88 Å². The molecule has 0 bridgehead atoms. The normalized spacial score (nSPS) is 18.7. The smallest absolute Gasteiger partial charge is 0.186 e. The van der Waals surface area contributed by atoms with E-state index in [9.17, 15) is 0 Å². The summed E-state index contributed by atoms with van der Waals surface area (Å²) in [4.78, 5) is 8.56. The predicted molar refractivity (Wildman–Crippen MR) is 113 cm³/mol. The molecule has 0 amide bonds. The quantitative estimate of drug-likeness (QED) is 0.700. The van der Waals surface area contributed by atoms with Gasteiger partial charge < -0.3 is 15.0 Å². The van der Waals surface area contributed by atoms with Gasteiger partial charge in [0.05, 0.1) is 16.8 Å². The number of nitrogens with zero attached hydrogens (tertiary/aromatic N) is 3. The third kappa shape index (κ3) is 3.29. The number of hydrogen-bond acceptors (Lipinski definition) is 6. The van der Waals surface area contributed by atoms with Crippen LogP contribution in [0.1, 0.15) is 32.9 Å². The van der Waals surface area contributed by atoms with Crippen LogP contribution < -0.4 is 15.0 Å². The Morgan fingerprint density at radius 3 is 2.96 bits per heavy atom. The average Bonchev–Trinajstić information content (AvgIpc) is 3.39. The number of benzene rings is 1. The third-order valence-corrected chi connectivity index (χ3v) is 6.40. The summed E-state index contributed by atoms with van der Waals surface area (Å²) in [6.45, 7) is 9.27. The van der Waals surface area contributed by atoms with Crippen LogP contribution in [0.4, 0.5) is 5.13 Å². The van der Waals surface area contributed by atoms with Crippen molar-refractivity contribution in [2.75, 3.05) is 18.0 Å².